The Hall–Kier alpha value is -2.37. The average molecular weight is 278 g/mol. The lowest BCUT2D eigenvalue weighted by molar-refractivity contribution is 0.155. The molecule has 0 atom stereocenters. The highest BCUT2D eigenvalue weighted by Crippen LogP contribution is 2.15. The van der Waals surface area contributed by atoms with Gasteiger partial charge < -0.3 is 14.5 Å². The maximum atomic E-state index is 12.8. The standard InChI is InChI=1S/C14H15FN2O3/c1-19-16-9-11-3-2-8-17(10-11)14(18)20-13-6-4-12(15)5-7-13/h3-7,9H,2,8,10H2,1H3. The summed E-state index contributed by atoms with van der Waals surface area (Å²) in [4.78, 5) is 18.1. The van der Waals surface area contributed by atoms with Gasteiger partial charge >= 0.3 is 6.09 Å². The largest absolute Gasteiger partial charge is 0.415 e. The van der Waals surface area contributed by atoms with Crippen LogP contribution in [0.1, 0.15) is 6.42 Å². The summed E-state index contributed by atoms with van der Waals surface area (Å²) >= 11 is 0. The Kier molecular flexibility index (Phi) is 4.70. The molecule has 0 spiro atoms. The van der Waals surface area contributed by atoms with E-state index in [2.05, 4.69) is 9.99 Å². The van der Waals surface area contributed by atoms with E-state index in [1.54, 1.807) is 11.1 Å². The molecule has 0 aliphatic carbocycles. The Morgan fingerprint density at radius 2 is 2.15 bits per heavy atom. The van der Waals surface area contributed by atoms with Crippen LogP contribution in [-0.4, -0.2) is 37.4 Å². The van der Waals surface area contributed by atoms with Crippen molar-refractivity contribution in [3.8, 4) is 5.75 Å². The van der Waals surface area contributed by atoms with E-state index in [-0.39, 0.29) is 5.82 Å². The van der Waals surface area contributed by atoms with Crippen molar-refractivity contribution < 1.29 is 18.8 Å². The molecule has 0 fully saturated rings. The van der Waals surface area contributed by atoms with Gasteiger partial charge in [-0.05, 0) is 36.3 Å². The normalized spacial score (nSPS) is 15.1. The summed E-state index contributed by atoms with van der Waals surface area (Å²) in [6.45, 7) is 0.983. The highest BCUT2D eigenvalue weighted by molar-refractivity contribution is 5.81. The zero-order chi connectivity index (χ0) is 14.4. The monoisotopic (exact) mass is 278 g/mol. The van der Waals surface area contributed by atoms with E-state index < -0.39 is 6.09 Å². The second kappa shape index (κ2) is 6.70. The number of carbonyl (C=O) groups is 1. The molecule has 106 valence electrons. The fourth-order valence-electron chi connectivity index (χ4n) is 1.81. The van der Waals surface area contributed by atoms with Crippen LogP contribution in [0.4, 0.5) is 9.18 Å². The molecule has 1 aromatic carbocycles. The van der Waals surface area contributed by atoms with E-state index in [9.17, 15) is 9.18 Å². The number of hydrogen-bond donors (Lipinski definition) is 0. The van der Waals surface area contributed by atoms with E-state index in [0.717, 1.165) is 12.0 Å². The Labute approximate surface area is 116 Å². The predicted octanol–water partition coefficient (Wildman–Crippen LogP) is 2.59. The Morgan fingerprint density at radius 3 is 2.85 bits per heavy atom. The van der Waals surface area contributed by atoms with Gasteiger partial charge in [-0.25, -0.2) is 9.18 Å². The first-order valence-electron chi connectivity index (χ1n) is 6.17. The molecule has 20 heavy (non-hydrogen) atoms. The molecular formula is C14H15FN2O3. The molecule has 0 N–H and O–H groups in total. The molecule has 6 heteroatoms. The van der Waals surface area contributed by atoms with E-state index >= 15 is 0 Å². The molecule has 1 amide bonds. The van der Waals surface area contributed by atoms with Crippen LogP contribution >= 0.6 is 0 Å². The summed E-state index contributed by atoms with van der Waals surface area (Å²) in [5.74, 6) is -0.0539. The summed E-state index contributed by atoms with van der Waals surface area (Å²) in [5.41, 5.74) is 0.883. The van der Waals surface area contributed by atoms with Crippen LogP contribution in [-0.2, 0) is 4.84 Å². The molecule has 1 heterocycles. The van der Waals surface area contributed by atoms with Gasteiger partial charge in [-0.1, -0.05) is 11.2 Å². The number of oxime groups is 1. The lowest BCUT2D eigenvalue weighted by atomic mass is 10.1. The van der Waals surface area contributed by atoms with Crippen molar-refractivity contribution in [2.75, 3.05) is 20.2 Å². The number of carbonyl (C=O) groups excluding carboxylic acids is 1. The van der Waals surface area contributed by atoms with Crippen LogP contribution in [0.25, 0.3) is 0 Å². The SMILES string of the molecule is CON=CC1=CCCN(C(=O)Oc2ccc(F)cc2)C1. The molecule has 0 bridgehead atoms. The number of nitrogens with zero attached hydrogens (tertiary/aromatic N) is 2. The third kappa shape index (κ3) is 3.81. The molecule has 1 aliphatic rings. The Balaban J connectivity index is 1.94. The summed E-state index contributed by atoms with van der Waals surface area (Å²) in [7, 11) is 1.46. The zero-order valence-corrected chi connectivity index (χ0v) is 11.1. The van der Waals surface area contributed by atoms with Crippen molar-refractivity contribution in [3.63, 3.8) is 0 Å². The van der Waals surface area contributed by atoms with Gasteiger partial charge in [0.25, 0.3) is 0 Å². The van der Waals surface area contributed by atoms with Crippen molar-refractivity contribution in [1.82, 2.24) is 4.90 Å². The van der Waals surface area contributed by atoms with E-state index in [1.807, 2.05) is 6.08 Å². The van der Waals surface area contributed by atoms with Crippen LogP contribution < -0.4 is 4.74 Å². The number of halogens is 1. The number of amides is 1. The predicted molar refractivity (Wildman–Crippen MR) is 72.2 cm³/mol. The van der Waals surface area contributed by atoms with Gasteiger partial charge in [0.2, 0.25) is 0 Å². The first-order valence-corrected chi connectivity index (χ1v) is 6.17. The third-order valence-electron chi connectivity index (χ3n) is 2.78. The quantitative estimate of drug-likeness (QED) is 0.630. The molecule has 0 saturated heterocycles. The zero-order valence-electron chi connectivity index (χ0n) is 11.1. The fraction of sp³-hybridized carbons (Fsp3) is 0.286. The van der Waals surface area contributed by atoms with Gasteiger partial charge in [-0.15, -0.1) is 0 Å². The van der Waals surface area contributed by atoms with Crippen LogP contribution in [0.3, 0.4) is 0 Å². The van der Waals surface area contributed by atoms with Gasteiger partial charge in [0.1, 0.15) is 18.7 Å². The summed E-state index contributed by atoms with van der Waals surface area (Å²) in [5, 5.41) is 3.67. The second-order valence-electron chi connectivity index (χ2n) is 4.23. The minimum absolute atomic E-state index is 0.318. The van der Waals surface area contributed by atoms with Gasteiger partial charge in [0.15, 0.2) is 0 Å². The maximum absolute atomic E-state index is 12.8. The van der Waals surface area contributed by atoms with Gasteiger partial charge in [0, 0.05) is 6.54 Å². The lowest BCUT2D eigenvalue weighted by Gasteiger charge is -2.25. The van der Waals surface area contributed by atoms with E-state index in [4.69, 9.17) is 4.74 Å². The number of ether oxygens (including phenoxy) is 1. The molecule has 0 radical (unpaired) electrons. The van der Waals surface area contributed by atoms with Gasteiger partial charge in [0.05, 0.1) is 12.8 Å². The maximum Gasteiger partial charge on any atom is 0.415 e. The van der Waals surface area contributed by atoms with Crippen LogP contribution in [0.2, 0.25) is 0 Å². The molecule has 0 saturated carbocycles. The first-order chi connectivity index (χ1) is 9.69. The number of benzene rings is 1. The van der Waals surface area contributed by atoms with Crippen molar-refractivity contribution in [3.05, 3.63) is 41.7 Å². The van der Waals surface area contributed by atoms with Gasteiger partial charge in [-0.2, -0.15) is 0 Å². The second-order valence-corrected chi connectivity index (χ2v) is 4.23. The fourth-order valence-corrected chi connectivity index (χ4v) is 1.81. The van der Waals surface area contributed by atoms with Crippen LogP contribution in [0.5, 0.6) is 5.75 Å². The molecule has 1 aromatic rings. The third-order valence-corrected chi connectivity index (χ3v) is 2.78. The number of rotatable bonds is 3. The summed E-state index contributed by atoms with van der Waals surface area (Å²) < 4.78 is 17.9. The molecule has 2 rings (SSSR count). The van der Waals surface area contributed by atoms with E-state index in [0.29, 0.717) is 18.8 Å². The highest BCUT2D eigenvalue weighted by atomic mass is 19.1. The van der Waals surface area contributed by atoms with Crippen molar-refractivity contribution in [2.45, 2.75) is 6.42 Å². The molecule has 0 aromatic heterocycles. The lowest BCUT2D eigenvalue weighted by Crippen LogP contribution is -2.38. The Morgan fingerprint density at radius 1 is 1.40 bits per heavy atom. The smallest absolute Gasteiger partial charge is 0.410 e. The van der Waals surface area contributed by atoms with Crippen molar-refractivity contribution >= 4 is 12.3 Å². The first kappa shape index (κ1) is 14.0. The minimum Gasteiger partial charge on any atom is -0.410 e. The van der Waals surface area contributed by atoms with Crippen LogP contribution in [0.15, 0.2) is 41.1 Å². The van der Waals surface area contributed by atoms with Crippen molar-refractivity contribution in [1.29, 1.82) is 0 Å². The topological polar surface area (TPSA) is 51.1 Å². The summed E-state index contributed by atoms with van der Waals surface area (Å²) in [6.07, 6.45) is 3.82. The highest BCUT2D eigenvalue weighted by Gasteiger charge is 2.19. The van der Waals surface area contributed by atoms with Gasteiger partial charge in [-0.3, -0.25) is 0 Å². The molecule has 1 aliphatic heterocycles. The van der Waals surface area contributed by atoms with E-state index in [1.165, 1.54) is 31.4 Å². The molecule has 5 nitrogen and oxygen atoms in total. The van der Waals surface area contributed by atoms with Crippen LogP contribution in [0, 0.1) is 5.82 Å². The number of hydrogen-bond acceptors (Lipinski definition) is 4. The Bertz CT molecular complexity index is 526. The molecule has 0 unspecified atom stereocenters. The molecular weight excluding hydrogens is 263 g/mol. The minimum atomic E-state index is -0.465. The van der Waals surface area contributed by atoms with Crippen molar-refractivity contribution in [2.24, 2.45) is 5.16 Å². The average Bonchev–Trinajstić information content (AvgIpc) is 2.48. The summed E-state index contributed by atoms with van der Waals surface area (Å²) in [6, 6.07) is 5.32.